The molecule has 1 amide bonds. The van der Waals surface area contributed by atoms with E-state index in [0.29, 0.717) is 5.92 Å². The quantitative estimate of drug-likeness (QED) is 0.885. The molecular weight excluding hydrogens is 290 g/mol. The molecule has 1 aliphatic heterocycles. The maximum atomic E-state index is 12.4. The van der Waals surface area contributed by atoms with E-state index in [9.17, 15) is 13.2 Å². The molecule has 0 spiro atoms. The molecule has 1 aliphatic rings. The standard InChI is InChI=1S/C14H23N3O3S/c1-2-4-11-5-3-7-17(8-6-11)14(18)13-9-12(10-16-13)21(15,19)20/h9-11,16H,2-8H2,1H3,(H2,15,19,20). The lowest BCUT2D eigenvalue weighted by atomic mass is 9.96. The highest BCUT2D eigenvalue weighted by Gasteiger charge is 2.23. The number of nitrogens with two attached hydrogens (primary N) is 1. The zero-order valence-corrected chi connectivity index (χ0v) is 13.2. The van der Waals surface area contributed by atoms with Crippen LogP contribution in [0.3, 0.4) is 0 Å². The first-order chi connectivity index (χ1) is 9.91. The molecule has 0 aliphatic carbocycles. The van der Waals surface area contributed by atoms with Gasteiger partial charge in [0.25, 0.3) is 5.91 Å². The number of amides is 1. The number of hydrogen-bond acceptors (Lipinski definition) is 3. The highest BCUT2D eigenvalue weighted by atomic mass is 32.2. The third kappa shape index (κ3) is 4.07. The van der Waals surface area contributed by atoms with Gasteiger partial charge in [-0.2, -0.15) is 0 Å². The molecule has 0 bridgehead atoms. The molecule has 1 fully saturated rings. The van der Waals surface area contributed by atoms with Gasteiger partial charge >= 0.3 is 0 Å². The lowest BCUT2D eigenvalue weighted by molar-refractivity contribution is 0.0754. The van der Waals surface area contributed by atoms with E-state index in [4.69, 9.17) is 5.14 Å². The molecule has 0 saturated carbocycles. The second-order valence-corrected chi connectivity index (χ2v) is 7.23. The Morgan fingerprint density at radius 1 is 1.43 bits per heavy atom. The molecule has 118 valence electrons. The van der Waals surface area contributed by atoms with Gasteiger partial charge in [0.15, 0.2) is 0 Å². The number of hydrogen-bond donors (Lipinski definition) is 2. The van der Waals surface area contributed by atoms with Crippen molar-refractivity contribution in [3.05, 3.63) is 18.0 Å². The van der Waals surface area contributed by atoms with E-state index in [1.165, 1.54) is 25.1 Å². The minimum atomic E-state index is -3.77. The fraction of sp³-hybridized carbons (Fsp3) is 0.643. The molecule has 1 saturated heterocycles. The van der Waals surface area contributed by atoms with Crippen LogP contribution in [0.15, 0.2) is 17.2 Å². The predicted molar refractivity (Wildman–Crippen MR) is 80.3 cm³/mol. The zero-order valence-electron chi connectivity index (χ0n) is 12.3. The third-order valence-electron chi connectivity index (χ3n) is 4.05. The van der Waals surface area contributed by atoms with Crippen molar-refractivity contribution >= 4 is 15.9 Å². The number of likely N-dealkylation sites (tertiary alicyclic amines) is 1. The molecule has 0 aromatic carbocycles. The predicted octanol–water partition coefficient (Wildman–Crippen LogP) is 1.70. The summed E-state index contributed by atoms with van der Waals surface area (Å²) in [5, 5.41) is 5.05. The van der Waals surface area contributed by atoms with Crippen LogP contribution in [0.5, 0.6) is 0 Å². The van der Waals surface area contributed by atoms with Gasteiger partial charge in [0, 0.05) is 19.3 Å². The van der Waals surface area contributed by atoms with Crippen LogP contribution in [0.2, 0.25) is 0 Å². The van der Waals surface area contributed by atoms with Gasteiger partial charge in [-0.1, -0.05) is 19.8 Å². The molecule has 7 heteroatoms. The van der Waals surface area contributed by atoms with Crippen molar-refractivity contribution in [3.63, 3.8) is 0 Å². The summed E-state index contributed by atoms with van der Waals surface area (Å²) in [7, 11) is -3.77. The lowest BCUT2D eigenvalue weighted by Gasteiger charge is -2.19. The number of sulfonamides is 1. The maximum absolute atomic E-state index is 12.4. The van der Waals surface area contributed by atoms with Crippen LogP contribution < -0.4 is 5.14 Å². The average molecular weight is 313 g/mol. The number of aromatic amines is 1. The van der Waals surface area contributed by atoms with Gasteiger partial charge in [-0.15, -0.1) is 0 Å². The fourth-order valence-corrected chi connectivity index (χ4v) is 3.40. The summed E-state index contributed by atoms with van der Waals surface area (Å²) >= 11 is 0. The number of nitrogens with zero attached hydrogens (tertiary/aromatic N) is 1. The van der Waals surface area contributed by atoms with Crippen molar-refractivity contribution < 1.29 is 13.2 Å². The minimum absolute atomic E-state index is 0.0514. The largest absolute Gasteiger partial charge is 0.356 e. The van der Waals surface area contributed by atoms with E-state index in [0.717, 1.165) is 32.4 Å². The Kier molecular flexibility index (Phi) is 5.05. The highest BCUT2D eigenvalue weighted by Crippen LogP contribution is 2.23. The summed E-state index contributed by atoms with van der Waals surface area (Å²) < 4.78 is 22.5. The van der Waals surface area contributed by atoms with E-state index in [2.05, 4.69) is 11.9 Å². The van der Waals surface area contributed by atoms with Crippen molar-refractivity contribution in [2.75, 3.05) is 13.1 Å². The number of H-pyrrole nitrogens is 1. The molecule has 6 nitrogen and oxygen atoms in total. The van der Waals surface area contributed by atoms with Crippen molar-refractivity contribution in [1.82, 2.24) is 9.88 Å². The van der Waals surface area contributed by atoms with Gasteiger partial charge < -0.3 is 9.88 Å². The van der Waals surface area contributed by atoms with Crippen molar-refractivity contribution in [2.24, 2.45) is 11.1 Å². The molecule has 1 atom stereocenters. The van der Waals surface area contributed by atoms with Gasteiger partial charge in [-0.3, -0.25) is 4.79 Å². The van der Waals surface area contributed by atoms with Crippen molar-refractivity contribution in [2.45, 2.75) is 43.9 Å². The first-order valence-electron chi connectivity index (χ1n) is 7.42. The number of carbonyl (C=O) groups is 1. The summed E-state index contributed by atoms with van der Waals surface area (Å²) in [5.74, 6) is 0.540. The first kappa shape index (κ1) is 16.0. The van der Waals surface area contributed by atoms with Gasteiger partial charge in [0.2, 0.25) is 10.0 Å². The zero-order chi connectivity index (χ0) is 15.5. The number of rotatable bonds is 4. The summed E-state index contributed by atoms with van der Waals surface area (Å²) in [6.45, 7) is 3.64. The van der Waals surface area contributed by atoms with E-state index >= 15 is 0 Å². The van der Waals surface area contributed by atoms with E-state index in [-0.39, 0.29) is 16.5 Å². The van der Waals surface area contributed by atoms with Crippen LogP contribution in [0.25, 0.3) is 0 Å². The Morgan fingerprint density at radius 3 is 2.81 bits per heavy atom. The van der Waals surface area contributed by atoms with Crippen LogP contribution in [-0.4, -0.2) is 37.3 Å². The average Bonchev–Trinajstić information content (AvgIpc) is 2.81. The van der Waals surface area contributed by atoms with Gasteiger partial charge in [-0.05, 0) is 31.2 Å². The van der Waals surface area contributed by atoms with E-state index < -0.39 is 10.0 Å². The molecule has 3 N–H and O–H groups in total. The number of primary sulfonamides is 1. The Labute approximate surface area is 125 Å². The fourth-order valence-electron chi connectivity index (χ4n) is 2.90. The summed E-state index contributed by atoms with van der Waals surface area (Å²) in [5.41, 5.74) is 0.285. The summed E-state index contributed by atoms with van der Waals surface area (Å²) in [6.07, 6.45) is 6.82. The molecule has 21 heavy (non-hydrogen) atoms. The lowest BCUT2D eigenvalue weighted by Crippen LogP contribution is -2.32. The highest BCUT2D eigenvalue weighted by molar-refractivity contribution is 7.89. The van der Waals surface area contributed by atoms with Crippen LogP contribution in [0.1, 0.15) is 49.5 Å². The number of nitrogens with one attached hydrogen (secondary N) is 1. The van der Waals surface area contributed by atoms with Gasteiger partial charge in [-0.25, -0.2) is 13.6 Å². The van der Waals surface area contributed by atoms with Crippen LogP contribution in [0, 0.1) is 5.92 Å². The normalized spacial score (nSPS) is 20.3. The maximum Gasteiger partial charge on any atom is 0.270 e. The first-order valence-corrected chi connectivity index (χ1v) is 8.97. The van der Waals surface area contributed by atoms with Crippen molar-refractivity contribution in [1.29, 1.82) is 0 Å². The molecule has 1 unspecified atom stereocenters. The Balaban J connectivity index is 2.04. The second-order valence-electron chi connectivity index (χ2n) is 5.67. The number of aromatic nitrogens is 1. The van der Waals surface area contributed by atoms with Crippen LogP contribution in [0.4, 0.5) is 0 Å². The minimum Gasteiger partial charge on any atom is -0.356 e. The summed E-state index contributed by atoms with van der Waals surface area (Å²) in [6, 6.07) is 1.31. The summed E-state index contributed by atoms with van der Waals surface area (Å²) in [4.78, 5) is 16.9. The second kappa shape index (κ2) is 6.62. The topological polar surface area (TPSA) is 96.3 Å². The molecule has 1 aromatic rings. The molecular formula is C14H23N3O3S. The molecule has 2 rings (SSSR count). The molecule has 1 aromatic heterocycles. The smallest absolute Gasteiger partial charge is 0.270 e. The third-order valence-corrected chi connectivity index (χ3v) is 4.94. The Hall–Kier alpha value is -1.34. The number of carbonyl (C=O) groups excluding carboxylic acids is 1. The molecule has 0 radical (unpaired) electrons. The van der Waals surface area contributed by atoms with E-state index in [1.54, 1.807) is 4.90 Å². The van der Waals surface area contributed by atoms with Crippen LogP contribution in [-0.2, 0) is 10.0 Å². The Morgan fingerprint density at radius 2 is 2.19 bits per heavy atom. The van der Waals surface area contributed by atoms with Gasteiger partial charge in [0.05, 0.1) is 4.90 Å². The van der Waals surface area contributed by atoms with E-state index in [1.807, 2.05) is 0 Å². The van der Waals surface area contributed by atoms with Crippen molar-refractivity contribution in [3.8, 4) is 0 Å². The molecule has 2 heterocycles. The van der Waals surface area contributed by atoms with Gasteiger partial charge in [0.1, 0.15) is 5.69 Å². The Bertz CT molecular complexity index is 594. The van der Waals surface area contributed by atoms with Crippen LogP contribution >= 0.6 is 0 Å². The monoisotopic (exact) mass is 313 g/mol. The SMILES string of the molecule is CCCC1CCCN(C(=O)c2cc(S(N)(=O)=O)c[nH]2)CC1.